The molecular weight excluding hydrogens is 456 g/mol. The molecule has 0 aliphatic carbocycles. The molecule has 3 aromatic carbocycles. The topological polar surface area (TPSA) is 94.4 Å². The number of aromatic nitrogens is 2. The molecule has 0 fully saturated rings. The Balaban J connectivity index is 1.72. The van der Waals surface area contributed by atoms with E-state index in [1.54, 1.807) is 85.4 Å². The monoisotopic (exact) mass is 482 g/mol. The van der Waals surface area contributed by atoms with E-state index in [0.29, 0.717) is 28.3 Å². The molecular formula is C28H26N4O4. The van der Waals surface area contributed by atoms with Gasteiger partial charge in [0.15, 0.2) is 0 Å². The average molecular weight is 483 g/mol. The van der Waals surface area contributed by atoms with E-state index in [4.69, 9.17) is 4.74 Å². The number of methoxy groups -OCH3 is 1. The summed E-state index contributed by atoms with van der Waals surface area (Å²) >= 11 is 0. The normalized spacial score (nSPS) is 11.1. The quantitative estimate of drug-likeness (QED) is 0.391. The van der Waals surface area contributed by atoms with Gasteiger partial charge in [-0.2, -0.15) is 0 Å². The van der Waals surface area contributed by atoms with Crippen molar-refractivity contribution in [3.05, 3.63) is 118 Å². The van der Waals surface area contributed by atoms with Crippen molar-refractivity contribution in [1.29, 1.82) is 0 Å². The van der Waals surface area contributed by atoms with Crippen molar-refractivity contribution in [2.75, 3.05) is 12.4 Å². The molecule has 8 nitrogen and oxygen atoms in total. The Kier molecular flexibility index (Phi) is 7.15. The van der Waals surface area contributed by atoms with Gasteiger partial charge in [-0.05, 0) is 43.3 Å². The molecule has 8 heteroatoms. The Hall–Kier alpha value is -4.85. The van der Waals surface area contributed by atoms with E-state index in [-0.39, 0.29) is 16.9 Å². The third-order valence-electron chi connectivity index (χ3n) is 5.76. The first-order valence-corrected chi connectivity index (χ1v) is 11.3. The predicted octanol–water partition coefficient (Wildman–Crippen LogP) is 3.90. The molecule has 1 heterocycles. The molecule has 36 heavy (non-hydrogen) atoms. The number of rotatable bonds is 7. The number of hydrogen-bond donors (Lipinski definition) is 2. The molecule has 0 aliphatic heterocycles. The lowest BCUT2D eigenvalue weighted by Gasteiger charge is -2.12. The highest BCUT2D eigenvalue weighted by atomic mass is 16.5. The number of hydrogen-bond acceptors (Lipinski definition) is 4. The van der Waals surface area contributed by atoms with Gasteiger partial charge in [0.25, 0.3) is 17.4 Å². The smallest absolute Gasteiger partial charge is 0.295 e. The second-order valence-electron chi connectivity index (χ2n) is 8.01. The SMILES string of the molecule is COc1ccccc1/C=C(\NC(=O)c1ccccc1)C(=O)Nc1c(C)n(C)n(-c2ccccc2)c1=O. The van der Waals surface area contributed by atoms with Gasteiger partial charge in [0, 0.05) is 18.2 Å². The van der Waals surface area contributed by atoms with Crippen LogP contribution in [0, 0.1) is 6.92 Å². The number of carbonyl (C=O) groups excluding carboxylic acids is 2. The summed E-state index contributed by atoms with van der Waals surface area (Å²) in [5.41, 5.74) is 1.89. The van der Waals surface area contributed by atoms with Crippen molar-refractivity contribution in [3.8, 4) is 11.4 Å². The van der Waals surface area contributed by atoms with Gasteiger partial charge in [0.05, 0.1) is 18.5 Å². The molecule has 0 unspecified atom stereocenters. The number of nitrogens with one attached hydrogen (secondary N) is 2. The third-order valence-corrected chi connectivity index (χ3v) is 5.76. The number of carbonyl (C=O) groups is 2. The minimum absolute atomic E-state index is 0.0396. The first-order chi connectivity index (χ1) is 17.4. The van der Waals surface area contributed by atoms with Crippen LogP contribution in [0.4, 0.5) is 5.69 Å². The van der Waals surface area contributed by atoms with Crippen molar-refractivity contribution in [2.24, 2.45) is 7.05 Å². The lowest BCUT2D eigenvalue weighted by molar-refractivity contribution is -0.113. The molecule has 2 N–H and O–H groups in total. The van der Waals surface area contributed by atoms with Crippen LogP contribution in [0.3, 0.4) is 0 Å². The molecule has 0 aliphatic rings. The minimum Gasteiger partial charge on any atom is -0.496 e. The van der Waals surface area contributed by atoms with E-state index in [1.807, 2.05) is 18.2 Å². The first-order valence-electron chi connectivity index (χ1n) is 11.3. The van der Waals surface area contributed by atoms with Crippen LogP contribution in [-0.2, 0) is 11.8 Å². The molecule has 182 valence electrons. The summed E-state index contributed by atoms with van der Waals surface area (Å²) < 4.78 is 8.53. The van der Waals surface area contributed by atoms with Crippen molar-refractivity contribution in [1.82, 2.24) is 14.7 Å². The molecule has 1 aromatic heterocycles. The van der Waals surface area contributed by atoms with Crippen LogP contribution in [0.5, 0.6) is 5.75 Å². The molecule has 4 rings (SSSR count). The lowest BCUT2D eigenvalue weighted by Crippen LogP contribution is -2.32. The predicted molar refractivity (Wildman–Crippen MR) is 139 cm³/mol. The zero-order chi connectivity index (χ0) is 25.7. The summed E-state index contributed by atoms with van der Waals surface area (Å²) in [5, 5.41) is 5.39. The molecule has 0 radical (unpaired) electrons. The van der Waals surface area contributed by atoms with E-state index in [0.717, 1.165) is 0 Å². The summed E-state index contributed by atoms with van der Waals surface area (Å²) in [6, 6.07) is 24.8. The van der Waals surface area contributed by atoms with Gasteiger partial charge < -0.3 is 15.4 Å². The Bertz CT molecular complexity index is 1490. The Morgan fingerprint density at radius 3 is 2.17 bits per heavy atom. The maximum atomic E-state index is 13.5. The van der Waals surface area contributed by atoms with Crippen molar-refractivity contribution >= 4 is 23.6 Å². The summed E-state index contributed by atoms with van der Waals surface area (Å²) in [6.07, 6.45) is 1.52. The highest BCUT2D eigenvalue weighted by Crippen LogP contribution is 2.21. The number of benzene rings is 3. The number of nitrogens with zero attached hydrogens (tertiary/aromatic N) is 2. The van der Waals surface area contributed by atoms with E-state index in [1.165, 1.54) is 17.9 Å². The average Bonchev–Trinajstić information content (AvgIpc) is 3.12. The van der Waals surface area contributed by atoms with Crippen LogP contribution < -0.4 is 20.9 Å². The van der Waals surface area contributed by atoms with Crippen LogP contribution in [0.15, 0.2) is 95.4 Å². The van der Waals surface area contributed by atoms with Crippen molar-refractivity contribution < 1.29 is 14.3 Å². The second kappa shape index (κ2) is 10.6. The second-order valence-corrected chi connectivity index (χ2v) is 8.01. The van der Waals surface area contributed by atoms with Crippen LogP contribution in [-0.4, -0.2) is 28.3 Å². The fourth-order valence-electron chi connectivity index (χ4n) is 3.78. The maximum absolute atomic E-state index is 13.5. The standard InChI is InChI=1S/C28H26N4O4/c1-19-25(28(35)32(31(19)2)22-15-8-5-9-16-22)30-27(34)23(18-21-14-10-11-17-24(21)36-3)29-26(33)20-12-6-4-7-13-20/h4-18H,1-3H3,(H,29,33)(H,30,34)/b23-18-. The van der Waals surface area contributed by atoms with Gasteiger partial charge in [0.2, 0.25) is 0 Å². The number of anilines is 1. The molecule has 0 bridgehead atoms. The van der Waals surface area contributed by atoms with Gasteiger partial charge in [-0.15, -0.1) is 0 Å². The molecule has 0 atom stereocenters. The van der Waals surface area contributed by atoms with E-state index >= 15 is 0 Å². The summed E-state index contributed by atoms with van der Waals surface area (Å²) in [6.45, 7) is 1.74. The van der Waals surface area contributed by atoms with Gasteiger partial charge in [0.1, 0.15) is 17.1 Å². The fourth-order valence-corrected chi connectivity index (χ4v) is 3.78. The van der Waals surface area contributed by atoms with Crippen LogP contribution in [0.25, 0.3) is 11.8 Å². The van der Waals surface area contributed by atoms with Crippen molar-refractivity contribution in [2.45, 2.75) is 6.92 Å². The van der Waals surface area contributed by atoms with Crippen LogP contribution in [0.2, 0.25) is 0 Å². The zero-order valence-electron chi connectivity index (χ0n) is 20.2. The molecule has 2 amide bonds. The number of ether oxygens (including phenoxy) is 1. The van der Waals surface area contributed by atoms with Gasteiger partial charge >= 0.3 is 0 Å². The molecule has 0 saturated heterocycles. The fraction of sp³-hybridized carbons (Fsp3) is 0.107. The van der Waals surface area contributed by atoms with Gasteiger partial charge in [-0.25, -0.2) is 4.68 Å². The van der Waals surface area contributed by atoms with Gasteiger partial charge in [-0.3, -0.25) is 19.1 Å². The number of para-hydroxylation sites is 2. The Morgan fingerprint density at radius 1 is 0.889 bits per heavy atom. The number of amides is 2. The van der Waals surface area contributed by atoms with Crippen LogP contribution in [0.1, 0.15) is 21.6 Å². The molecule has 0 spiro atoms. The summed E-state index contributed by atoms with van der Waals surface area (Å²) in [7, 11) is 3.26. The molecule has 0 saturated carbocycles. The first kappa shape index (κ1) is 24.3. The Morgan fingerprint density at radius 2 is 1.50 bits per heavy atom. The van der Waals surface area contributed by atoms with E-state index in [9.17, 15) is 14.4 Å². The lowest BCUT2D eigenvalue weighted by atomic mass is 10.1. The highest BCUT2D eigenvalue weighted by molar-refractivity contribution is 6.11. The molecule has 4 aromatic rings. The van der Waals surface area contributed by atoms with Crippen molar-refractivity contribution in [3.63, 3.8) is 0 Å². The zero-order valence-corrected chi connectivity index (χ0v) is 20.2. The maximum Gasteiger partial charge on any atom is 0.295 e. The third kappa shape index (κ3) is 4.97. The minimum atomic E-state index is -0.642. The van der Waals surface area contributed by atoms with E-state index < -0.39 is 11.8 Å². The van der Waals surface area contributed by atoms with Crippen LogP contribution >= 0.6 is 0 Å². The van der Waals surface area contributed by atoms with E-state index in [2.05, 4.69) is 10.6 Å². The summed E-state index contributed by atoms with van der Waals surface area (Å²) in [4.78, 5) is 39.6. The highest BCUT2D eigenvalue weighted by Gasteiger charge is 2.21. The largest absolute Gasteiger partial charge is 0.496 e. The summed E-state index contributed by atoms with van der Waals surface area (Å²) in [5.74, 6) is -0.575. The van der Waals surface area contributed by atoms with Gasteiger partial charge in [-0.1, -0.05) is 54.6 Å². The Labute approximate surface area is 208 Å².